The van der Waals surface area contributed by atoms with Crippen LogP contribution in [0.15, 0.2) is 182 Å². The van der Waals surface area contributed by atoms with Gasteiger partial charge in [-0.15, -0.1) is 0 Å². The number of benzene rings is 10. The van der Waals surface area contributed by atoms with Crippen LogP contribution in [0.3, 0.4) is 0 Å². The van der Waals surface area contributed by atoms with Gasteiger partial charge in [0.25, 0.3) is 0 Å². The summed E-state index contributed by atoms with van der Waals surface area (Å²) in [5.74, 6) is 0. The lowest BCUT2D eigenvalue weighted by molar-refractivity contribution is -0.137. The lowest BCUT2D eigenvalue weighted by atomic mass is 9.95. The van der Waals surface area contributed by atoms with Gasteiger partial charge in [0.1, 0.15) is 0 Å². The normalized spacial score (nSPS) is 10.9. The third kappa shape index (κ3) is 8.84. The maximum Gasteiger partial charge on any atom is 0.418 e. The zero-order chi connectivity index (χ0) is 58.6. The van der Waals surface area contributed by atoms with E-state index in [2.05, 4.69) is 54.6 Å². The molecule has 386 valence electrons. The standard InChI is InChI=1S/C70H30F3N11/c71-70(72,73)63-3-1-2-57(69(63)84-67-12-7-51(55-22-45(36-79)16-46(23-55)37-80)29-61(67)62-30-52(8-13-68(62)84)56-24-47(38-81)17-48(25-56)39-82)58-26-40(31-74)4-9-64(58)83-65-10-5-49(53-18-41(32-75)14-42(19-53)33-76)27-59(65)60-28-50(6-11-66(60)83)54-20-43(34-77)15-44(21-54)35-78/h1-30H. The van der Waals surface area contributed by atoms with Crippen LogP contribution in [0.25, 0.3) is 111 Å². The van der Waals surface area contributed by atoms with Crippen LogP contribution in [-0.4, -0.2) is 9.13 Å². The number of fused-ring (bicyclic) bond motifs is 6. The Hall–Kier alpha value is -13.0. The van der Waals surface area contributed by atoms with Crippen molar-refractivity contribution in [1.29, 1.82) is 47.4 Å². The average Bonchev–Trinajstić information content (AvgIpc) is 1.73. The van der Waals surface area contributed by atoms with Crippen LogP contribution < -0.4 is 0 Å². The summed E-state index contributed by atoms with van der Waals surface area (Å²) in [4.78, 5) is 0. The third-order valence-corrected chi connectivity index (χ3v) is 14.9. The monoisotopic (exact) mass is 1080 g/mol. The first kappa shape index (κ1) is 51.7. The van der Waals surface area contributed by atoms with E-state index in [0.29, 0.717) is 93.8 Å². The third-order valence-electron chi connectivity index (χ3n) is 14.9. The summed E-state index contributed by atoms with van der Waals surface area (Å²) in [5.41, 5.74) is 7.92. The van der Waals surface area contributed by atoms with Crippen LogP contribution in [-0.2, 0) is 6.18 Å². The molecule has 0 spiro atoms. The zero-order valence-electron chi connectivity index (χ0n) is 43.4. The Bertz CT molecular complexity index is 4930. The fourth-order valence-corrected chi connectivity index (χ4v) is 11.2. The lowest BCUT2D eigenvalue weighted by Crippen LogP contribution is -2.12. The molecule has 0 unspecified atom stereocenters. The van der Waals surface area contributed by atoms with Crippen LogP contribution in [0.2, 0.25) is 0 Å². The molecule has 0 aliphatic heterocycles. The van der Waals surface area contributed by atoms with E-state index >= 15 is 13.2 Å². The molecular formula is C70H30F3N11. The molecule has 2 heterocycles. The number of rotatable bonds is 7. The number of hydrogen-bond donors (Lipinski definition) is 0. The van der Waals surface area contributed by atoms with Crippen LogP contribution in [0.1, 0.15) is 55.6 Å². The molecule has 0 N–H and O–H groups in total. The minimum absolute atomic E-state index is 0.0857. The molecule has 0 amide bonds. The minimum atomic E-state index is -4.97. The lowest BCUT2D eigenvalue weighted by Gasteiger charge is -2.22. The van der Waals surface area contributed by atoms with Crippen LogP contribution >= 0.6 is 0 Å². The molecule has 10 aromatic carbocycles. The van der Waals surface area contributed by atoms with Gasteiger partial charge < -0.3 is 9.13 Å². The highest BCUT2D eigenvalue weighted by Gasteiger charge is 2.37. The van der Waals surface area contributed by atoms with Crippen molar-refractivity contribution in [2.24, 2.45) is 0 Å². The molecule has 0 aliphatic rings. The first-order valence-corrected chi connectivity index (χ1v) is 25.5. The number of hydrogen-bond acceptors (Lipinski definition) is 9. The number of aromatic nitrogens is 2. The van der Waals surface area contributed by atoms with Crippen molar-refractivity contribution < 1.29 is 13.2 Å². The molecule has 84 heavy (non-hydrogen) atoms. The quantitative estimate of drug-likeness (QED) is 0.148. The van der Waals surface area contributed by atoms with Crippen molar-refractivity contribution in [1.82, 2.24) is 9.13 Å². The highest BCUT2D eigenvalue weighted by molar-refractivity contribution is 6.14. The second-order valence-electron chi connectivity index (χ2n) is 19.7. The fraction of sp³-hybridized carbons (Fsp3) is 0.0143. The fourth-order valence-electron chi connectivity index (χ4n) is 11.2. The Morgan fingerprint density at radius 2 is 0.583 bits per heavy atom. The van der Waals surface area contributed by atoms with Crippen molar-refractivity contribution in [3.8, 4) is 122 Å². The molecule has 0 radical (unpaired) electrons. The van der Waals surface area contributed by atoms with E-state index in [9.17, 15) is 47.4 Å². The molecular weight excluding hydrogens is 1050 g/mol. The molecule has 14 heteroatoms. The van der Waals surface area contributed by atoms with Crippen molar-refractivity contribution in [2.45, 2.75) is 6.18 Å². The van der Waals surface area contributed by atoms with E-state index in [0.717, 1.165) is 6.07 Å². The van der Waals surface area contributed by atoms with Crippen LogP contribution in [0.5, 0.6) is 0 Å². The zero-order valence-corrected chi connectivity index (χ0v) is 43.4. The van der Waals surface area contributed by atoms with Gasteiger partial charge in [0.15, 0.2) is 0 Å². The Labute approximate surface area is 476 Å². The summed E-state index contributed by atoms with van der Waals surface area (Å²) in [6.45, 7) is 0. The van der Waals surface area contributed by atoms with Crippen LogP contribution in [0.4, 0.5) is 13.2 Å². The van der Waals surface area contributed by atoms with E-state index in [1.807, 2.05) is 41.0 Å². The van der Waals surface area contributed by atoms with Gasteiger partial charge >= 0.3 is 6.18 Å². The van der Waals surface area contributed by atoms with Gasteiger partial charge in [0.2, 0.25) is 0 Å². The molecule has 0 saturated heterocycles. The number of alkyl halides is 3. The van der Waals surface area contributed by atoms with Gasteiger partial charge in [-0.05, 0) is 190 Å². The smallest absolute Gasteiger partial charge is 0.309 e. The Balaban J connectivity index is 1.17. The Kier molecular flexibility index (Phi) is 12.5. The summed E-state index contributed by atoms with van der Waals surface area (Å²) in [6, 6.07) is 68.3. The summed E-state index contributed by atoms with van der Waals surface area (Å²) in [5, 5.41) is 92.4. The van der Waals surface area contributed by atoms with Crippen molar-refractivity contribution in [3.63, 3.8) is 0 Å². The summed E-state index contributed by atoms with van der Waals surface area (Å²) in [7, 11) is 0. The number of halogens is 3. The maximum atomic E-state index is 16.2. The van der Waals surface area contributed by atoms with Gasteiger partial charge in [-0.3, -0.25) is 0 Å². The predicted molar refractivity (Wildman–Crippen MR) is 310 cm³/mol. The average molecular weight is 1080 g/mol. The number of nitrogens with zero attached hydrogens (tertiary/aromatic N) is 11. The molecule has 12 rings (SSSR count). The van der Waals surface area contributed by atoms with E-state index in [4.69, 9.17) is 0 Å². The first-order valence-electron chi connectivity index (χ1n) is 25.5. The van der Waals surface area contributed by atoms with Crippen molar-refractivity contribution in [3.05, 3.63) is 238 Å². The van der Waals surface area contributed by atoms with Gasteiger partial charge in [-0.25, -0.2) is 0 Å². The second-order valence-corrected chi connectivity index (χ2v) is 19.7. The van der Waals surface area contributed by atoms with E-state index in [1.54, 1.807) is 109 Å². The molecule has 0 atom stereocenters. The maximum absolute atomic E-state index is 16.2. The number of nitriles is 9. The molecule has 11 nitrogen and oxygen atoms in total. The Morgan fingerprint density at radius 1 is 0.274 bits per heavy atom. The summed E-state index contributed by atoms with van der Waals surface area (Å²) in [6.07, 6.45) is -4.97. The van der Waals surface area contributed by atoms with E-state index in [1.165, 1.54) is 34.9 Å². The van der Waals surface area contributed by atoms with Gasteiger partial charge in [0.05, 0.1) is 144 Å². The predicted octanol–water partition coefficient (Wildman–Crippen LogP) is 16.1. The number of para-hydroxylation sites is 1. The molecule has 0 aliphatic carbocycles. The highest BCUT2D eigenvalue weighted by Crippen LogP contribution is 2.48. The van der Waals surface area contributed by atoms with Crippen molar-refractivity contribution >= 4 is 43.6 Å². The van der Waals surface area contributed by atoms with Gasteiger partial charge in [-0.2, -0.15) is 60.5 Å². The molecule has 12 aromatic rings. The minimum Gasteiger partial charge on any atom is -0.309 e. The Morgan fingerprint density at radius 3 is 0.881 bits per heavy atom. The topological polar surface area (TPSA) is 224 Å². The summed E-state index contributed by atoms with van der Waals surface area (Å²) >= 11 is 0. The molecule has 0 bridgehead atoms. The van der Waals surface area contributed by atoms with Crippen molar-refractivity contribution in [2.75, 3.05) is 0 Å². The largest absolute Gasteiger partial charge is 0.418 e. The SMILES string of the molecule is N#Cc1cc(C#N)cc(-c2ccc3c(c2)c2cc(-c4cc(C#N)cc(C#N)c4)ccc2n3-c2ccc(C#N)cc2-c2cccc(C(F)(F)F)c2-n2c3ccc(-c4cc(C#N)cc(C#N)c4)cc3c3cc(-c4cc(C#N)cc(C#N)c4)ccc32)c1. The molecule has 0 saturated carbocycles. The van der Waals surface area contributed by atoms with Gasteiger partial charge in [-0.1, -0.05) is 36.4 Å². The molecule has 2 aromatic heterocycles. The second kappa shape index (κ2) is 20.3. The van der Waals surface area contributed by atoms with E-state index < -0.39 is 11.7 Å². The first-order chi connectivity index (χ1) is 40.8. The molecule has 0 fully saturated rings. The van der Waals surface area contributed by atoms with E-state index in [-0.39, 0.29) is 66.9 Å². The van der Waals surface area contributed by atoms with Gasteiger partial charge in [0, 0.05) is 32.7 Å². The summed E-state index contributed by atoms with van der Waals surface area (Å²) < 4.78 is 52.1. The highest BCUT2D eigenvalue weighted by atomic mass is 19.4. The van der Waals surface area contributed by atoms with Crippen LogP contribution in [0, 0.1) is 102 Å².